The van der Waals surface area contributed by atoms with Gasteiger partial charge in [-0.2, -0.15) is 5.10 Å². The SMILES string of the molecule is CC(C)(C)NCc1ccn(-c2cc(F)ccc2[N+](=O)[O-])n1. The summed E-state index contributed by atoms with van der Waals surface area (Å²) < 4.78 is 14.7. The second kappa shape index (κ2) is 5.61. The largest absolute Gasteiger partial charge is 0.306 e. The zero-order valence-corrected chi connectivity index (χ0v) is 12.1. The van der Waals surface area contributed by atoms with Crippen molar-refractivity contribution in [2.75, 3.05) is 0 Å². The molecule has 0 saturated carbocycles. The van der Waals surface area contributed by atoms with E-state index in [0.29, 0.717) is 6.54 Å². The Balaban J connectivity index is 2.29. The van der Waals surface area contributed by atoms with Crippen LogP contribution in [0, 0.1) is 15.9 Å². The molecule has 0 unspecified atom stereocenters. The maximum Gasteiger partial charge on any atom is 0.295 e. The van der Waals surface area contributed by atoms with Crippen LogP contribution in [0.5, 0.6) is 0 Å². The highest BCUT2D eigenvalue weighted by molar-refractivity contribution is 5.51. The molecule has 0 saturated heterocycles. The summed E-state index contributed by atoms with van der Waals surface area (Å²) in [7, 11) is 0. The van der Waals surface area contributed by atoms with Gasteiger partial charge in [-0.25, -0.2) is 9.07 Å². The molecule has 21 heavy (non-hydrogen) atoms. The second-order valence-corrected chi connectivity index (χ2v) is 5.75. The number of nitrogens with one attached hydrogen (secondary N) is 1. The molecule has 0 spiro atoms. The van der Waals surface area contributed by atoms with Crippen molar-refractivity contribution in [1.29, 1.82) is 0 Å². The predicted molar refractivity (Wildman–Crippen MR) is 76.8 cm³/mol. The van der Waals surface area contributed by atoms with Gasteiger partial charge in [0.25, 0.3) is 5.69 Å². The van der Waals surface area contributed by atoms with Crippen molar-refractivity contribution in [2.45, 2.75) is 32.9 Å². The van der Waals surface area contributed by atoms with Gasteiger partial charge in [0.2, 0.25) is 0 Å². The number of nitro groups is 1. The molecule has 0 atom stereocenters. The van der Waals surface area contributed by atoms with E-state index >= 15 is 0 Å². The first-order valence-electron chi connectivity index (χ1n) is 6.50. The Morgan fingerprint density at radius 1 is 1.38 bits per heavy atom. The van der Waals surface area contributed by atoms with Gasteiger partial charge in [-0.1, -0.05) is 0 Å². The van der Waals surface area contributed by atoms with Crippen LogP contribution < -0.4 is 5.32 Å². The number of hydrogen-bond donors (Lipinski definition) is 1. The van der Waals surface area contributed by atoms with Crippen LogP contribution in [0.1, 0.15) is 26.5 Å². The van der Waals surface area contributed by atoms with E-state index in [4.69, 9.17) is 0 Å². The van der Waals surface area contributed by atoms with Crippen molar-refractivity contribution in [3.63, 3.8) is 0 Å². The van der Waals surface area contributed by atoms with Crippen molar-refractivity contribution in [3.05, 3.63) is 52.1 Å². The van der Waals surface area contributed by atoms with E-state index in [1.165, 1.54) is 4.68 Å². The van der Waals surface area contributed by atoms with Crippen molar-refractivity contribution < 1.29 is 9.31 Å². The lowest BCUT2D eigenvalue weighted by Gasteiger charge is -2.19. The molecule has 0 radical (unpaired) electrons. The van der Waals surface area contributed by atoms with Gasteiger partial charge in [0.05, 0.1) is 10.6 Å². The van der Waals surface area contributed by atoms with Gasteiger partial charge in [0, 0.05) is 30.4 Å². The standard InChI is InChI=1S/C14H17FN4O2/c1-14(2,3)16-9-11-6-7-18(17-11)13-8-10(15)4-5-12(13)19(20)21/h4-8,16H,9H2,1-3H3. The molecule has 0 aliphatic carbocycles. The summed E-state index contributed by atoms with van der Waals surface area (Å²) in [5, 5.41) is 18.5. The lowest BCUT2D eigenvalue weighted by molar-refractivity contribution is -0.384. The summed E-state index contributed by atoms with van der Waals surface area (Å²) in [4.78, 5) is 10.4. The lowest BCUT2D eigenvalue weighted by Crippen LogP contribution is -2.35. The number of halogens is 1. The van der Waals surface area contributed by atoms with E-state index < -0.39 is 10.7 Å². The molecule has 1 heterocycles. The van der Waals surface area contributed by atoms with Crippen LogP contribution in [-0.2, 0) is 6.54 Å². The molecule has 112 valence electrons. The summed E-state index contributed by atoms with van der Waals surface area (Å²) in [5.41, 5.74) is 0.592. The maximum atomic E-state index is 13.3. The smallest absolute Gasteiger partial charge is 0.295 e. The summed E-state index contributed by atoms with van der Waals surface area (Å²) in [6, 6.07) is 5.05. The topological polar surface area (TPSA) is 73.0 Å². The minimum absolute atomic E-state index is 0.0609. The predicted octanol–water partition coefficient (Wildman–Crippen LogP) is 2.81. The van der Waals surface area contributed by atoms with Gasteiger partial charge in [0.1, 0.15) is 11.5 Å². The summed E-state index contributed by atoms with van der Waals surface area (Å²) in [5.74, 6) is -0.541. The third-order valence-electron chi connectivity index (χ3n) is 2.83. The summed E-state index contributed by atoms with van der Waals surface area (Å²) in [6.45, 7) is 6.61. The van der Waals surface area contributed by atoms with Gasteiger partial charge in [-0.05, 0) is 32.9 Å². The summed E-state index contributed by atoms with van der Waals surface area (Å²) >= 11 is 0. The van der Waals surface area contributed by atoms with Crippen molar-refractivity contribution >= 4 is 5.69 Å². The molecular weight excluding hydrogens is 275 g/mol. The van der Waals surface area contributed by atoms with E-state index in [0.717, 1.165) is 23.9 Å². The Kier molecular flexibility index (Phi) is 4.04. The zero-order chi connectivity index (χ0) is 15.6. The van der Waals surface area contributed by atoms with Gasteiger partial charge in [-0.3, -0.25) is 10.1 Å². The normalized spacial score (nSPS) is 11.6. The number of aromatic nitrogens is 2. The lowest BCUT2D eigenvalue weighted by atomic mass is 10.1. The molecular formula is C14H17FN4O2. The van der Waals surface area contributed by atoms with Crippen LogP contribution in [-0.4, -0.2) is 20.2 Å². The van der Waals surface area contributed by atoms with E-state index in [2.05, 4.69) is 10.4 Å². The first-order chi connectivity index (χ1) is 9.76. The van der Waals surface area contributed by atoms with Crippen LogP contribution >= 0.6 is 0 Å². The first kappa shape index (κ1) is 15.1. The van der Waals surface area contributed by atoms with Crippen LogP contribution in [0.15, 0.2) is 30.5 Å². The molecule has 2 aromatic rings. The molecule has 1 aromatic heterocycles. The molecule has 0 amide bonds. The van der Waals surface area contributed by atoms with Crippen LogP contribution in [0.25, 0.3) is 5.69 Å². The average Bonchev–Trinajstić information content (AvgIpc) is 2.83. The minimum Gasteiger partial charge on any atom is -0.306 e. The minimum atomic E-state index is -0.552. The zero-order valence-electron chi connectivity index (χ0n) is 12.1. The number of nitrogens with zero attached hydrogens (tertiary/aromatic N) is 3. The van der Waals surface area contributed by atoms with Crippen LogP contribution in [0.4, 0.5) is 10.1 Å². The van der Waals surface area contributed by atoms with Gasteiger partial charge >= 0.3 is 0 Å². The quantitative estimate of drug-likeness (QED) is 0.694. The van der Waals surface area contributed by atoms with Crippen molar-refractivity contribution in [1.82, 2.24) is 15.1 Å². The van der Waals surface area contributed by atoms with E-state index in [-0.39, 0.29) is 16.9 Å². The molecule has 1 N–H and O–H groups in total. The van der Waals surface area contributed by atoms with Gasteiger partial charge in [0.15, 0.2) is 0 Å². The van der Waals surface area contributed by atoms with Gasteiger partial charge < -0.3 is 5.32 Å². The first-order valence-corrected chi connectivity index (χ1v) is 6.50. The fourth-order valence-electron chi connectivity index (χ4n) is 1.78. The van der Waals surface area contributed by atoms with E-state index in [1.54, 1.807) is 12.3 Å². The molecule has 0 aliphatic rings. The van der Waals surface area contributed by atoms with E-state index in [9.17, 15) is 14.5 Å². The third kappa shape index (κ3) is 3.85. The monoisotopic (exact) mass is 292 g/mol. The fourth-order valence-corrected chi connectivity index (χ4v) is 1.78. The molecule has 7 heteroatoms. The van der Waals surface area contributed by atoms with Crippen molar-refractivity contribution in [3.8, 4) is 5.69 Å². The molecule has 2 rings (SSSR count). The molecule has 0 bridgehead atoms. The number of nitro benzene ring substituents is 1. The van der Waals surface area contributed by atoms with Crippen LogP contribution in [0.3, 0.4) is 0 Å². The molecule has 0 aliphatic heterocycles. The Labute approximate surface area is 121 Å². The fraction of sp³-hybridized carbons (Fsp3) is 0.357. The molecule has 1 aromatic carbocycles. The Bertz CT molecular complexity index is 661. The van der Waals surface area contributed by atoms with Crippen molar-refractivity contribution in [2.24, 2.45) is 0 Å². The molecule has 0 fully saturated rings. The van der Waals surface area contributed by atoms with Crippen LogP contribution in [0.2, 0.25) is 0 Å². The number of benzene rings is 1. The van der Waals surface area contributed by atoms with E-state index in [1.807, 2.05) is 20.8 Å². The highest BCUT2D eigenvalue weighted by atomic mass is 19.1. The average molecular weight is 292 g/mol. The molecule has 6 nitrogen and oxygen atoms in total. The number of rotatable bonds is 4. The maximum absolute atomic E-state index is 13.3. The highest BCUT2D eigenvalue weighted by Crippen LogP contribution is 2.23. The summed E-state index contributed by atoms with van der Waals surface area (Å²) in [6.07, 6.45) is 1.58. The second-order valence-electron chi connectivity index (χ2n) is 5.75. The Morgan fingerprint density at radius 2 is 2.10 bits per heavy atom. The third-order valence-corrected chi connectivity index (χ3v) is 2.83. The van der Waals surface area contributed by atoms with Gasteiger partial charge in [-0.15, -0.1) is 0 Å². The Morgan fingerprint density at radius 3 is 2.71 bits per heavy atom. The highest BCUT2D eigenvalue weighted by Gasteiger charge is 2.17. The Hall–Kier alpha value is -2.28. The number of hydrogen-bond acceptors (Lipinski definition) is 4.